The third kappa shape index (κ3) is 3.22. The topological polar surface area (TPSA) is 83.8 Å². The summed E-state index contributed by atoms with van der Waals surface area (Å²) in [6.07, 6.45) is 2.57. The molecule has 0 atom stereocenters. The minimum Gasteiger partial charge on any atom is -0.352 e. The standard InChI is InChI=1S/C24H23N7/c1-15-21-12-22(18-10-11-18)31(24(21)26-14-25-15)13-16-6-8-17(9-7-16)19-4-2-3-5-20(19)23-27-29-30-28-23/h2-9,12,18,26H,10-11,13-14H2,1H3,(H,27,28,29,30). The van der Waals surface area contributed by atoms with E-state index >= 15 is 0 Å². The van der Waals surface area contributed by atoms with Crippen molar-refractivity contribution in [2.24, 2.45) is 4.99 Å². The van der Waals surface area contributed by atoms with E-state index in [0.29, 0.717) is 18.4 Å². The zero-order valence-electron chi connectivity index (χ0n) is 17.3. The van der Waals surface area contributed by atoms with Crippen molar-refractivity contribution in [2.75, 3.05) is 12.0 Å². The number of tetrazole rings is 1. The molecule has 0 spiro atoms. The largest absolute Gasteiger partial charge is 0.352 e. The number of aromatic nitrogens is 5. The Hall–Kier alpha value is -3.74. The number of H-pyrrole nitrogens is 1. The molecule has 0 amide bonds. The molecular formula is C24H23N7. The quantitative estimate of drug-likeness (QED) is 0.510. The predicted molar refractivity (Wildman–Crippen MR) is 121 cm³/mol. The predicted octanol–water partition coefficient (Wildman–Crippen LogP) is 4.45. The second-order valence-corrected chi connectivity index (χ2v) is 8.25. The van der Waals surface area contributed by atoms with Crippen molar-refractivity contribution in [2.45, 2.75) is 32.2 Å². The number of anilines is 1. The van der Waals surface area contributed by atoms with Crippen molar-refractivity contribution >= 4 is 11.5 Å². The van der Waals surface area contributed by atoms with Crippen LogP contribution in [-0.2, 0) is 6.54 Å². The molecule has 1 aliphatic heterocycles. The van der Waals surface area contributed by atoms with Gasteiger partial charge >= 0.3 is 0 Å². The molecule has 2 aromatic carbocycles. The van der Waals surface area contributed by atoms with Crippen LogP contribution in [0.4, 0.5) is 5.82 Å². The van der Waals surface area contributed by atoms with E-state index in [2.05, 4.69) is 78.8 Å². The van der Waals surface area contributed by atoms with E-state index in [1.807, 2.05) is 18.2 Å². The van der Waals surface area contributed by atoms with Gasteiger partial charge in [-0.3, -0.25) is 4.99 Å². The molecule has 2 aliphatic rings. The van der Waals surface area contributed by atoms with E-state index in [1.54, 1.807) is 0 Å². The Balaban J connectivity index is 1.33. The van der Waals surface area contributed by atoms with Gasteiger partial charge in [-0.05, 0) is 53.7 Å². The summed E-state index contributed by atoms with van der Waals surface area (Å²) in [5.41, 5.74) is 8.30. The minimum atomic E-state index is 0.607. The van der Waals surface area contributed by atoms with Crippen molar-refractivity contribution < 1.29 is 0 Å². The van der Waals surface area contributed by atoms with Crippen LogP contribution in [0.3, 0.4) is 0 Å². The zero-order chi connectivity index (χ0) is 20.8. The summed E-state index contributed by atoms with van der Waals surface area (Å²) in [5.74, 6) is 2.50. The van der Waals surface area contributed by atoms with Gasteiger partial charge in [0, 0.05) is 29.1 Å². The number of benzene rings is 2. The molecule has 31 heavy (non-hydrogen) atoms. The smallest absolute Gasteiger partial charge is 0.205 e. The Morgan fingerprint density at radius 1 is 1.00 bits per heavy atom. The first-order valence-electron chi connectivity index (χ1n) is 10.7. The van der Waals surface area contributed by atoms with E-state index in [9.17, 15) is 0 Å². The normalized spacial score (nSPS) is 15.3. The number of rotatable bonds is 5. The Labute approximate surface area is 180 Å². The third-order valence-corrected chi connectivity index (χ3v) is 6.20. The van der Waals surface area contributed by atoms with Crippen molar-refractivity contribution in [3.05, 3.63) is 71.4 Å². The van der Waals surface area contributed by atoms with Crippen LogP contribution in [0.5, 0.6) is 0 Å². The summed E-state index contributed by atoms with van der Waals surface area (Å²) in [6.45, 7) is 3.61. The summed E-state index contributed by atoms with van der Waals surface area (Å²) < 4.78 is 2.45. The number of hydrogen-bond donors (Lipinski definition) is 2. The van der Waals surface area contributed by atoms with Gasteiger partial charge < -0.3 is 9.88 Å². The SMILES string of the molecule is CC1=NCNc2c1cc(C1CC1)n2Cc1ccc(-c2ccccc2-c2nn[nH]n2)cc1. The first-order chi connectivity index (χ1) is 15.3. The molecule has 4 aromatic rings. The third-order valence-electron chi connectivity index (χ3n) is 6.20. The highest BCUT2D eigenvalue weighted by Crippen LogP contribution is 2.43. The molecule has 154 valence electrons. The fraction of sp³-hybridized carbons (Fsp3) is 0.250. The molecule has 0 bridgehead atoms. The monoisotopic (exact) mass is 409 g/mol. The molecule has 1 aliphatic carbocycles. The highest BCUT2D eigenvalue weighted by atomic mass is 15.5. The number of aliphatic imine (C=N–C) groups is 1. The Kier molecular flexibility index (Phi) is 4.19. The molecule has 2 aromatic heterocycles. The lowest BCUT2D eigenvalue weighted by Gasteiger charge is -2.18. The highest BCUT2D eigenvalue weighted by molar-refractivity contribution is 6.04. The van der Waals surface area contributed by atoms with Crippen LogP contribution in [0.2, 0.25) is 0 Å². The van der Waals surface area contributed by atoms with Crippen molar-refractivity contribution in [1.82, 2.24) is 25.2 Å². The average Bonchev–Trinajstić information content (AvgIpc) is 3.36. The molecule has 2 N–H and O–H groups in total. The lowest BCUT2D eigenvalue weighted by Crippen LogP contribution is -2.16. The second kappa shape index (κ2) is 7.19. The summed E-state index contributed by atoms with van der Waals surface area (Å²) in [4.78, 5) is 4.56. The number of nitrogens with one attached hydrogen (secondary N) is 2. The molecule has 7 heteroatoms. The average molecular weight is 409 g/mol. The van der Waals surface area contributed by atoms with Gasteiger partial charge in [0.15, 0.2) is 0 Å². The fourth-order valence-corrected chi connectivity index (χ4v) is 4.42. The van der Waals surface area contributed by atoms with Crippen LogP contribution >= 0.6 is 0 Å². The van der Waals surface area contributed by atoms with Crippen molar-refractivity contribution in [1.29, 1.82) is 0 Å². The lowest BCUT2D eigenvalue weighted by atomic mass is 9.98. The van der Waals surface area contributed by atoms with Crippen LogP contribution < -0.4 is 5.32 Å². The summed E-state index contributed by atoms with van der Waals surface area (Å²) in [6, 6.07) is 19.3. The van der Waals surface area contributed by atoms with Gasteiger partial charge in [-0.25, -0.2) is 0 Å². The van der Waals surface area contributed by atoms with Crippen LogP contribution in [0.15, 0.2) is 59.6 Å². The van der Waals surface area contributed by atoms with Gasteiger partial charge in [-0.15, -0.1) is 10.2 Å². The van der Waals surface area contributed by atoms with Crippen LogP contribution in [0, 0.1) is 0 Å². The number of hydrogen-bond acceptors (Lipinski definition) is 5. The minimum absolute atomic E-state index is 0.607. The van der Waals surface area contributed by atoms with Gasteiger partial charge in [0.25, 0.3) is 0 Å². The molecule has 3 heterocycles. The maximum absolute atomic E-state index is 4.56. The van der Waals surface area contributed by atoms with Crippen LogP contribution in [0.1, 0.15) is 42.5 Å². The van der Waals surface area contributed by atoms with Gasteiger partial charge in [0.1, 0.15) is 12.5 Å². The summed E-state index contributed by atoms with van der Waals surface area (Å²) >= 11 is 0. The molecule has 0 saturated heterocycles. The molecule has 7 nitrogen and oxygen atoms in total. The maximum Gasteiger partial charge on any atom is 0.205 e. The second-order valence-electron chi connectivity index (χ2n) is 8.25. The fourth-order valence-electron chi connectivity index (χ4n) is 4.42. The lowest BCUT2D eigenvalue weighted by molar-refractivity contribution is 0.748. The van der Waals surface area contributed by atoms with E-state index < -0.39 is 0 Å². The van der Waals surface area contributed by atoms with Crippen LogP contribution in [0.25, 0.3) is 22.5 Å². The van der Waals surface area contributed by atoms with Crippen LogP contribution in [-0.4, -0.2) is 37.6 Å². The first kappa shape index (κ1) is 18.1. The number of fused-ring (bicyclic) bond motifs is 1. The van der Waals surface area contributed by atoms with E-state index in [1.165, 1.54) is 35.5 Å². The van der Waals surface area contributed by atoms with Gasteiger partial charge in [-0.2, -0.15) is 5.21 Å². The molecule has 1 fully saturated rings. The molecule has 0 unspecified atom stereocenters. The first-order valence-corrected chi connectivity index (χ1v) is 10.7. The van der Waals surface area contributed by atoms with E-state index in [-0.39, 0.29) is 0 Å². The van der Waals surface area contributed by atoms with Gasteiger partial charge in [0.05, 0.1) is 0 Å². The Bertz CT molecular complexity index is 1260. The molecule has 1 saturated carbocycles. The molecule has 0 radical (unpaired) electrons. The van der Waals surface area contributed by atoms with Crippen molar-refractivity contribution in [3.8, 4) is 22.5 Å². The van der Waals surface area contributed by atoms with E-state index in [0.717, 1.165) is 28.9 Å². The number of nitrogens with zero attached hydrogens (tertiary/aromatic N) is 5. The number of aromatic amines is 1. The molecule has 6 rings (SSSR count). The summed E-state index contributed by atoms with van der Waals surface area (Å²) in [5, 5.41) is 18.0. The van der Waals surface area contributed by atoms with E-state index in [4.69, 9.17) is 0 Å². The molecular weight excluding hydrogens is 386 g/mol. The zero-order valence-corrected chi connectivity index (χ0v) is 17.3. The van der Waals surface area contributed by atoms with Crippen molar-refractivity contribution in [3.63, 3.8) is 0 Å². The Morgan fingerprint density at radius 3 is 2.55 bits per heavy atom. The van der Waals surface area contributed by atoms with Gasteiger partial charge in [0.2, 0.25) is 5.82 Å². The Morgan fingerprint density at radius 2 is 1.81 bits per heavy atom. The summed E-state index contributed by atoms with van der Waals surface area (Å²) in [7, 11) is 0. The maximum atomic E-state index is 4.56. The highest BCUT2D eigenvalue weighted by Gasteiger charge is 2.30. The van der Waals surface area contributed by atoms with Gasteiger partial charge in [-0.1, -0.05) is 48.5 Å².